The highest BCUT2D eigenvalue weighted by atomic mass is 16.3. The smallest absolute Gasteiger partial charge is 0.251 e. The van der Waals surface area contributed by atoms with Gasteiger partial charge in [0.25, 0.3) is 5.91 Å². The Hall–Kier alpha value is -1.88. The molecule has 0 aliphatic carbocycles. The number of aryl methyl sites for hydroxylation is 1. The first kappa shape index (κ1) is 12.2. The Morgan fingerprint density at radius 3 is 2.38 bits per heavy atom. The summed E-state index contributed by atoms with van der Waals surface area (Å²) < 4.78 is 0. The minimum atomic E-state index is -1.05. The molecule has 0 aromatic heterocycles. The normalized spacial score (nSPS) is 11.9. The fraction of sp³-hybridized carbons (Fsp3) is 0.273. The van der Waals surface area contributed by atoms with Crippen LogP contribution in [0.25, 0.3) is 0 Å². The van der Waals surface area contributed by atoms with Gasteiger partial charge in [0.05, 0.1) is 6.61 Å². The van der Waals surface area contributed by atoms with E-state index in [9.17, 15) is 9.59 Å². The van der Waals surface area contributed by atoms with Crippen LogP contribution in [0, 0.1) is 6.92 Å². The van der Waals surface area contributed by atoms with Crippen molar-refractivity contribution in [1.29, 1.82) is 0 Å². The number of hydrogen-bond donors (Lipinski definition) is 3. The van der Waals surface area contributed by atoms with Crippen LogP contribution in [-0.2, 0) is 4.79 Å². The quantitative estimate of drug-likeness (QED) is 0.645. The minimum Gasteiger partial charge on any atom is -0.394 e. The summed E-state index contributed by atoms with van der Waals surface area (Å²) in [5, 5.41) is 11.2. The van der Waals surface area contributed by atoms with E-state index < -0.39 is 24.5 Å². The summed E-state index contributed by atoms with van der Waals surface area (Å²) in [7, 11) is 0. The van der Waals surface area contributed by atoms with Crippen molar-refractivity contribution in [2.45, 2.75) is 13.0 Å². The van der Waals surface area contributed by atoms with E-state index in [1.807, 2.05) is 6.92 Å². The van der Waals surface area contributed by atoms with Gasteiger partial charge in [0.2, 0.25) is 5.91 Å². The highest BCUT2D eigenvalue weighted by Gasteiger charge is 2.17. The SMILES string of the molecule is Cc1ccc(C(=O)N[C@@H](CO)C(N)=O)cc1. The maximum atomic E-state index is 11.6. The first-order valence-electron chi connectivity index (χ1n) is 4.82. The predicted molar refractivity (Wildman–Crippen MR) is 58.7 cm³/mol. The lowest BCUT2D eigenvalue weighted by molar-refractivity contribution is -0.120. The van der Waals surface area contributed by atoms with Crippen LogP contribution in [0.1, 0.15) is 15.9 Å². The lowest BCUT2D eigenvalue weighted by atomic mass is 10.1. The Kier molecular flexibility index (Phi) is 4.02. The Morgan fingerprint density at radius 2 is 1.94 bits per heavy atom. The lowest BCUT2D eigenvalue weighted by Crippen LogP contribution is -2.46. The van der Waals surface area contributed by atoms with Gasteiger partial charge in [-0.15, -0.1) is 0 Å². The van der Waals surface area contributed by atoms with E-state index in [4.69, 9.17) is 10.8 Å². The second-order valence-corrected chi connectivity index (χ2v) is 3.48. The molecular formula is C11H14N2O3. The average Bonchev–Trinajstić information content (AvgIpc) is 2.26. The van der Waals surface area contributed by atoms with Crippen LogP contribution in [0.15, 0.2) is 24.3 Å². The fourth-order valence-electron chi connectivity index (χ4n) is 1.15. The van der Waals surface area contributed by atoms with Crippen LogP contribution < -0.4 is 11.1 Å². The number of rotatable bonds is 4. The number of aliphatic hydroxyl groups is 1. The highest BCUT2D eigenvalue weighted by molar-refractivity contribution is 5.97. The number of nitrogens with one attached hydrogen (secondary N) is 1. The largest absolute Gasteiger partial charge is 0.394 e. The van der Waals surface area contributed by atoms with Crippen molar-refractivity contribution in [1.82, 2.24) is 5.32 Å². The first-order valence-corrected chi connectivity index (χ1v) is 4.82. The summed E-state index contributed by atoms with van der Waals surface area (Å²) in [4.78, 5) is 22.4. The lowest BCUT2D eigenvalue weighted by Gasteiger charge is -2.12. The summed E-state index contributed by atoms with van der Waals surface area (Å²) in [6, 6.07) is 5.80. The number of carbonyl (C=O) groups excluding carboxylic acids is 2. The van der Waals surface area contributed by atoms with E-state index in [0.29, 0.717) is 5.56 Å². The van der Waals surface area contributed by atoms with Gasteiger partial charge in [-0.05, 0) is 19.1 Å². The number of hydrogen-bond acceptors (Lipinski definition) is 3. The van der Waals surface area contributed by atoms with Gasteiger partial charge in [-0.25, -0.2) is 0 Å². The molecule has 2 amide bonds. The van der Waals surface area contributed by atoms with Gasteiger partial charge in [0.1, 0.15) is 6.04 Å². The molecule has 1 rings (SSSR count). The molecule has 0 unspecified atom stereocenters. The zero-order valence-corrected chi connectivity index (χ0v) is 8.93. The van der Waals surface area contributed by atoms with E-state index in [2.05, 4.69) is 5.32 Å². The molecular weight excluding hydrogens is 208 g/mol. The molecule has 0 spiro atoms. The van der Waals surface area contributed by atoms with Crippen LogP contribution in [-0.4, -0.2) is 29.6 Å². The zero-order valence-electron chi connectivity index (χ0n) is 8.93. The number of amides is 2. The number of carbonyl (C=O) groups is 2. The molecule has 0 saturated carbocycles. The summed E-state index contributed by atoms with van der Waals surface area (Å²) in [5.74, 6) is -1.19. The third-order valence-corrected chi connectivity index (χ3v) is 2.15. The molecule has 5 heteroatoms. The molecule has 0 fully saturated rings. The van der Waals surface area contributed by atoms with Gasteiger partial charge < -0.3 is 16.2 Å². The van der Waals surface area contributed by atoms with Crippen molar-refractivity contribution in [3.05, 3.63) is 35.4 Å². The van der Waals surface area contributed by atoms with Crippen LogP contribution >= 0.6 is 0 Å². The molecule has 1 atom stereocenters. The van der Waals surface area contributed by atoms with Crippen molar-refractivity contribution >= 4 is 11.8 Å². The number of aliphatic hydroxyl groups excluding tert-OH is 1. The average molecular weight is 222 g/mol. The van der Waals surface area contributed by atoms with Gasteiger partial charge in [-0.1, -0.05) is 17.7 Å². The van der Waals surface area contributed by atoms with Crippen LogP contribution in [0.2, 0.25) is 0 Å². The van der Waals surface area contributed by atoms with E-state index in [1.54, 1.807) is 24.3 Å². The molecule has 0 saturated heterocycles. The van der Waals surface area contributed by atoms with E-state index in [1.165, 1.54) is 0 Å². The monoisotopic (exact) mass is 222 g/mol. The molecule has 4 N–H and O–H groups in total. The third-order valence-electron chi connectivity index (χ3n) is 2.15. The number of primary amides is 1. The Morgan fingerprint density at radius 1 is 1.38 bits per heavy atom. The minimum absolute atomic E-state index is 0.422. The van der Waals surface area contributed by atoms with Crippen molar-refractivity contribution < 1.29 is 14.7 Å². The van der Waals surface area contributed by atoms with Crippen LogP contribution in [0.5, 0.6) is 0 Å². The van der Waals surface area contributed by atoms with Gasteiger partial charge in [-0.2, -0.15) is 0 Å². The predicted octanol–water partition coefficient (Wildman–Crippen LogP) is -0.429. The van der Waals surface area contributed by atoms with Crippen LogP contribution in [0.4, 0.5) is 0 Å². The van der Waals surface area contributed by atoms with Crippen molar-refractivity contribution in [2.24, 2.45) is 5.73 Å². The standard InChI is InChI=1S/C11H14N2O3/c1-7-2-4-8(5-3-7)11(16)13-9(6-14)10(12)15/h2-5,9,14H,6H2,1H3,(H2,12,15)(H,13,16)/t9-/m0/s1. The molecule has 16 heavy (non-hydrogen) atoms. The Bertz CT molecular complexity index is 387. The van der Waals surface area contributed by atoms with Gasteiger partial charge in [0.15, 0.2) is 0 Å². The van der Waals surface area contributed by atoms with E-state index >= 15 is 0 Å². The molecule has 0 heterocycles. The summed E-state index contributed by atoms with van der Waals surface area (Å²) >= 11 is 0. The third kappa shape index (κ3) is 3.06. The molecule has 0 aliphatic rings. The Balaban J connectivity index is 2.71. The summed E-state index contributed by atoms with van der Waals surface area (Å²) in [5.41, 5.74) is 6.44. The van der Waals surface area contributed by atoms with Crippen LogP contribution in [0.3, 0.4) is 0 Å². The number of nitrogens with two attached hydrogens (primary N) is 1. The molecule has 5 nitrogen and oxygen atoms in total. The van der Waals surface area contributed by atoms with Gasteiger partial charge >= 0.3 is 0 Å². The second kappa shape index (κ2) is 5.27. The highest BCUT2D eigenvalue weighted by Crippen LogP contribution is 2.03. The molecule has 0 aliphatic heterocycles. The second-order valence-electron chi connectivity index (χ2n) is 3.48. The van der Waals surface area contributed by atoms with Crippen molar-refractivity contribution in [3.63, 3.8) is 0 Å². The van der Waals surface area contributed by atoms with Gasteiger partial charge in [0, 0.05) is 5.56 Å². The molecule has 0 radical (unpaired) electrons. The maximum absolute atomic E-state index is 11.6. The van der Waals surface area contributed by atoms with E-state index in [-0.39, 0.29) is 0 Å². The summed E-state index contributed by atoms with van der Waals surface area (Å²) in [6.07, 6.45) is 0. The van der Waals surface area contributed by atoms with E-state index in [0.717, 1.165) is 5.56 Å². The molecule has 1 aromatic carbocycles. The summed E-state index contributed by atoms with van der Waals surface area (Å²) in [6.45, 7) is 1.40. The maximum Gasteiger partial charge on any atom is 0.251 e. The van der Waals surface area contributed by atoms with Gasteiger partial charge in [-0.3, -0.25) is 9.59 Å². The zero-order chi connectivity index (χ0) is 12.1. The topological polar surface area (TPSA) is 92.4 Å². The van der Waals surface area contributed by atoms with Crippen molar-refractivity contribution in [3.8, 4) is 0 Å². The molecule has 1 aromatic rings. The number of benzene rings is 1. The fourth-order valence-corrected chi connectivity index (χ4v) is 1.15. The molecule has 0 bridgehead atoms. The molecule has 86 valence electrons. The Labute approximate surface area is 93.3 Å². The first-order chi connectivity index (χ1) is 7.54. The van der Waals surface area contributed by atoms with Crippen molar-refractivity contribution in [2.75, 3.05) is 6.61 Å².